The fourth-order valence-electron chi connectivity index (χ4n) is 3.04. The van der Waals surface area contributed by atoms with Crippen molar-refractivity contribution >= 4 is 21.8 Å². The van der Waals surface area contributed by atoms with Crippen molar-refractivity contribution in [2.75, 3.05) is 25.9 Å². The van der Waals surface area contributed by atoms with Gasteiger partial charge in [0.25, 0.3) is 0 Å². The van der Waals surface area contributed by atoms with Gasteiger partial charge in [-0.05, 0) is 31.6 Å². The molecule has 2 N–H and O–H groups in total. The van der Waals surface area contributed by atoms with Crippen molar-refractivity contribution in [1.29, 1.82) is 0 Å². The molecule has 1 heterocycles. The summed E-state index contributed by atoms with van der Waals surface area (Å²) in [5.74, 6) is 0.597. The zero-order chi connectivity index (χ0) is 17.0. The first-order valence-electron chi connectivity index (χ1n) is 8.29. The Hall–Kier alpha value is -1.15. The number of carbonyl (C=O) groups excluding carboxylic acids is 2. The van der Waals surface area contributed by atoms with Crippen molar-refractivity contribution in [3.05, 3.63) is 0 Å². The van der Waals surface area contributed by atoms with Crippen LogP contribution in [-0.2, 0) is 19.6 Å². The Kier molecular flexibility index (Phi) is 6.02. The van der Waals surface area contributed by atoms with E-state index in [1.54, 1.807) is 4.90 Å². The molecule has 2 aliphatic rings. The molecule has 3 atom stereocenters. The van der Waals surface area contributed by atoms with E-state index >= 15 is 0 Å². The van der Waals surface area contributed by atoms with E-state index in [1.165, 1.54) is 0 Å². The van der Waals surface area contributed by atoms with Gasteiger partial charge in [0.2, 0.25) is 21.8 Å². The molecule has 8 heteroatoms. The number of nitrogens with zero attached hydrogens (tertiary/aromatic N) is 1. The van der Waals surface area contributed by atoms with E-state index in [9.17, 15) is 18.0 Å². The number of piperidine rings is 1. The molecule has 23 heavy (non-hydrogen) atoms. The standard InChI is InChI=1S/C15H27N3O4S/c1-11-9-13(11)15(20)16-7-6-14(19)18-8-4-3-5-12(18)10-17-23(2,21)22/h11-13,17H,3-10H2,1-2H3,(H,16,20)/t11-,12-,13+/m1/s1. The Balaban J connectivity index is 1.77. The number of carbonyl (C=O) groups is 2. The molecule has 0 aromatic heterocycles. The third-order valence-electron chi connectivity index (χ3n) is 4.61. The number of sulfonamides is 1. The van der Waals surface area contributed by atoms with Crippen LogP contribution in [0, 0.1) is 11.8 Å². The maximum absolute atomic E-state index is 12.4. The van der Waals surface area contributed by atoms with Crippen LogP contribution in [0.2, 0.25) is 0 Å². The molecule has 1 aliphatic carbocycles. The summed E-state index contributed by atoms with van der Waals surface area (Å²) in [6, 6.07) is -0.0925. The van der Waals surface area contributed by atoms with Crippen molar-refractivity contribution < 1.29 is 18.0 Å². The van der Waals surface area contributed by atoms with E-state index in [0.717, 1.165) is 31.9 Å². The smallest absolute Gasteiger partial charge is 0.224 e. The second kappa shape index (κ2) is 7.61. The number of likely N-dealkylation sites (tertiary alicyclic amines) is 1. The summed E-state index contributed by atoms with van der Waals surface area (Å²) >= 11 is 0. The second-order valence-electron chi connectivity index (χ2n) is 6.72. The molecule has 0 aromatic carbocycles. The van der Waals surface area contributed by atoms with Crippen molar-refractivity contribution in [3.8, 4) is 0 Å². The lowest BCUT2D eigenvalue weighted by molar-refractivity contribution is -0.134. The van der Waals surface area contributed by atoms with Gasteiger partial charge in [-0.2, -0.15) is 0 Å². The van der Waals surface area contributed by atoms with E-state index in [-0.39, 0.29) is 36.7 Å². The normalized spacial score (nSPS) is 27.6. The molecule has 2 fully saturated rings. The average Bonchev–Trinajstić information content (AvgIpc) is 3.21. The highest BCUT2D eigenvalue weighted by atomic mass is 32.2. The highest BCUT2D eigenvalue weighted by Gasteiger charge is 2.38. The van der Waals surface area contributed by atoms with E-state index in [0.29, 0.717) is 19.0 Å². The molecular formula is C15H27N3O4S. The first-order valence-corrected chi connectivity index (χ1v) is 10.2. The van der Waals surface area contributed by atoms with Crippen LogP contribution in [0.5, 0.6) is 0 Å². The van der Waals surface area contributed by atoms with Crippen LogP contribution in [0.15, 0.2) is 0 Å². The van der Waals surface area contributed by atoms with Crippen LogP contribution in [0.1, 0.15) is 39.0 Å². The molecule has 0 radical (unpaired) electrons. The highest BCUT2D eigenvalue weighted by molar-refractivity contribution is 7.88. The fraction of sp³-hybridized carbons (Fsp3) is 0.867. The Morgan fingerprint density at radius 1 is 1.26 bits per heavy atom. The molecule has 132 valence electrons. The summed E-state index contributed by atoms with van der Waals surface area (Å²) in [7, 11) is -3.25. The first-order chi connectivity index (χ1) is 10.8. The predicted molar refractivity (Wildman–Crippen MR) is 87.1 cm³/mol. The zero-order valence-corrected chi connectivity index (χ0v) is 14.7. The van der Waals surface area contributed by atoms with Crippen LogP contribution < -0.4 is 10.0 Å². The predicted octanol–water partition coefficient (Wildman–Crippen LogP) is 0.0790. The van der Waals surface area contributed by atoms with Crippen molar-refractivity contribution in [3.63, 3.8) is 0 Å². The van der Waals surface area contributed by atoms with Gasteiger partial charge < -0.3 is 10.2 Å². The van der Waals surface area contributed by atoms with Gasteiger partial charge in [-0.25, -0.2) is 13.1 Å². The van der Waals surface area contributed by atoms with Gasteiger partial charge in [-0.3, -0.25) is 9.59 Å². The number of nitrogens with one attached hydrogen (secondary N) is 2. The minimum Gasteiger partial charge on any atom is -0.355 e. The second-order valence-corrected chi connectivity index (χ2v) is 8.55. The number of amides is 2. The first kappa shape index (κ1) is 18.2. The zero-order valence-electron chi connectivity index (χ0n) is 13.9. The SMILES string of the molecule is C[C@@H]1C[C@@H]1C(=O)NCCC(=O)N1CCCC[C@@H]1CNS(C)(=O)=O. The van der Waals surface area contributed by atoms with Gasteiger partial charge in [-0.1, -0.05) is 6.92 Å². The summed E-state index contributed by atoms with van der Waals surface area (Å²) in [6.45, 7) is 3.31. The summed E-state index contributed by atoms with van der Waals surface area (Å²) in [6.07, 6.45) is 5.06. The summed E-state index contributed by atoms with van der Waals surface area (Å²) in [5, 5.41) is 2.82. The molecule has 2 amide bonds. The fourth-order valence-corrected chi connectivity index (χ4v) is 3.54. The molecule has 0 aromatic rings. The lowest BCUT2D eigenvalue weighted by Gasteiger charge is -2.36. The molecule has 0 spiro atoms. The Morgan fingerprint density at radius 3 is 2.57 bits per heavy atom. The monoisotopic (exact) mass is 345 g/mol. The van der Waals surface area contributed by atoms with Crippen LogP contribution in [0.25, 0.3) is 0 Å². The molecule has 1 saturated carbocycles. The molecule has 1 aliphatic heterocycles. The van der Waals surface area contributed by atoms with Crippen molar-refractivity contribution in [2.24, 2.45) is 11.8 Å². The maximum atomic E-state index is 12.4. The number of rotatable bonds is 7. The minimum absolute atomic E-state index is 0.0193. The highest BCUT2D eigenvalue weighted by Crippen LogP contribution is 2.37. The van der Waals surface area contributed by atoms with E-state index < -0.39 is 10.0 Å². The van der Waals surface area contributed by atoms with Crippen LogP contribution in [0.4, 0.5) is 0 Å². The number of hydrogen-bond donors (Lipinski definition) is 2. The Morgan fingerprint density at radius 2 is 1.96 bits per heavy atom. The van der Waals surface area contributed by atoms with Gasteiger partial charge in [0.05, 0.1) is 6.26 Å². The summed E-state index contributed by atoms with van der Waals surface area (Å²) in [5.41, 5.74) is 0. The average molecular weight is 345 g/mol. The summed E-state index contributed by atoms with van der Waals surface area (Å²) < 4.78 is 25.0. The minimum atomic E-state index is -3.25. The van der Waals surface area contributed by atoms with Gasteiger partial charge in [0.15, 0.2) is 0 Å². The van der Waals surface area contributed by atoms with Crippen LogP contribution in [-0.4, -0.2) is 57.1 Å². The molecule has 0 bridgehead atoms. The van der Waals surface area contributed by atoms with Crippen LogP contribution >= 0.6 is 0 Å². The van der Waals surface area contributed by atoms with Crippen LogP contribution in [0.3, 0.4) is 0 Å². The maximum Gasteiger partial charge on any atom is 0.224 e. The Labute approximate surface area is 138 Å². The van der Waals surface area contributed by atoms with E-state index in [1.807, 2.05) is 6.92 Å². The van der Waals surface area contributed by atoms with Gasteiger partial charge in [-0.15, -0.1) is 0 Å². The van der Waals surface area contributed by atoms with Gasteiger partial charge in [0, 0.05) is 38.0 Å². The van der Waals surface area contributed by atoms with E-state index in [4.69, 9.17) is 0 Å². The Bertz CT molecular complexity index is 549. The molecular weight excluding hydrogens is 318 g/mol. The lowest BCUT2D eigenvalue weighted by Crippen LogP contribution is -2.49. The third kappa shape index (κ3) is 5.76. The topological polar surface area (TPSA) is 95.6 Å². The summed E-state index contributed by atoms with van der Waals surface area (Å²) in [4.78, 5) is 25.9. The van der Waals surface area contributed by atoms with E-state index in [2.05, 4.69) is 10.0 Å². The molecule has 1 saturated heterocycles. The molecule has 0 unspecified atom stereocenters. The van der Waals surface area contributed by atoms with Crippen molar-refractivity contribution in [2.45, 2.75) is 45.1 Å². The third-order valence-corrected chi connectivity index (χ3v) is 5.30. The largest absolute Gasteiger partial charge is 0.355 e. The quantitative estimate of drug-likeness (QED) is 0.683. The van der Waals surface area contributed by atoms with Gasteiger partial charge >= 0.3 is 0 Å². The molecule has 7 nitrogen and oxygen atoms in total. The number of hydrogen-bond acceptors (Lipinski definition) is 4. The molecule has 2 rings (SSSR count). The van der Waals surface area contributed by atoms with Crippen molar-refractivity contribution in [1.82, 2.24) is 14.9 Å². The van der Waals surface area contributed by atoms with Gasteiger partial charge in [0.1, 0.15) is 0 Å². The lowest BCUT2D eigenvalue weighted by atomic mass is 10.0.